The van der Waals surface area contributed by atoms with Crippen LogP contribution in [0.5, 0.6) is 0 Å². The van der Waals surface area contributed by atoms with E-state index in [0.717, 1.165) is 41.9 Å². The van der Waals surface area contributed by atoms with Gasteiger partial charge in [-0.3, -0.25) is 10.1 Å². The fourth-order valence-corrected chi connectivity index (χ4v) is 4.28. The van der Waals surface area contributed by atoms with Crippen molar-refractivity contribution in [1.82, 2.24) is 20.2 Å². The molecule has 2 N–H and O–H groups in total. The van der Waals surface area contributed by atoms with Crippen LogP contribution >= 0.6 is 11.8 Å². The third kappa shape index (κ3) is 4.91. The number of hydrogen-bond acceptors (Lipinski definition) is 4. The molecule has 3 amide bonds. The second-order valence-electron chi connectivity index (χ2n) is 6.84. The molecular formula is C20H26N4O2S. The second kappa shape index (κ2) is 9.08. The molecule has 144 valence electrons. The largest absolute Gasteiger partial charge is 0.335 e. The van der Waals surface area contributed by atoms with Gasteiger partial charge in [0.2, 0.25) is 5.91 Å². The highest BCUT2D eigenvalue weighted by molar-refractivity contribution is 8.00. The minimum Gasteiger partial charge on any atom is -0.335 e. The first-order chi connectivity index (χ1) is 13.1. The highest BCUT2D eigenvalue weighted by atomic mass is 32.2. The van der Waals surface area contributed by atoms with Crippen molar-refractivity contribution in [3.8, 4) is 0 Å². The Labute approximate surface area is 163 Å². The third-order valence-corrected chi connectivity index (χ3v) is 5.85. The van der Waals surface area contributed by atoms with E-state index in [2.05, 4.69) is 22.2 Å². The number of allylic oxidation sites excluding steroid dienone is 1. The molecule has 1 fully saturated rings. The lowest BCUT2D eigenvalue weighted by molar-refractivity contribution is -0.119. The molecule has 0 aliphatic heterocycles. The van der Waals surface area contributed by atoms with E-state index >= 15 is 0 Å². The Morgan fingerprint density at radius 3 is 2.81 bits per heavy atom. The SMILES string of the molecule is C=CCn1c(S[C@H](C)C(=O)NC(=O)NC2CCCCC2)nc2ccccc21. The highest BCUT2D eigenvalue weighted by Crippen LogP contribution is 2.27. The number of imidazole rings is 1. The number of benzene rings is 1. The number of carbonyl (C=O) groups is 2. The number of para-hydroxylation sites is 2. The van der Waals surface area contributed by atoms with Crippen molar-refractivity contribution < 1.29 is 9.59 Å². The standard InChI is InChI=1S/C20H26N4O2S/c1-3-13-24-17-12-8-7-11-16(17)22-20(24)27-14(2)18(25)23-19(26)21-15-9-5-4-6-10-15/h3,7-8,11-12,14-15H,1,4-6,9-10,13H2,2H3,(H2,21,23,25,26)/t14-/m1/s1. The molecule has 6 nitrogen and oxygen atoms in total. The molecule has 0 bridgehead atoms. The van der Waals surface area contributed by atoms with E-state index in [9.17, 15) is 9.59 Å². The number of fused-ring (bicyclic) bond motifs is 1. The van der Waals surface area contributed by atoms with Crippen molar-refractivity contribution >= 4 is 34.7 Å². The molecule has 0 unspecified atom stereocenters. The molecule has 1 aliphatic rings. The molecule has 1 aliphatic carbocycles. The number of nitrogens with zero attached hydrogens (tertiary/aromatic N) is 2. The average molecular weight is 387 g/mol. The van der Waals surface area contributed by atoms with Gasteiger partial charge in [0.15, 0.2) is 5.16 Å². The maximum Gasteiger partial charge on any atom is 0.321 e. The molecular weight excluding hydrogens is 360 g/mol. The average Bonchev–Trinajstić information content (AvgIpc) is 3.00. The maximum atomic E-state index is 12.4. The van der Waals surface area contributed by atoms with Crippen molar-refractivity contribution in [2.24, 2.45) is 0 Å². The zero-order valence-electron chi connectivity index (χ0n) is 15.6. The third-order valence-electron chi connectivity index (χ3n) is 4.76. The van der Waals surface area contributed by atoms with E-state index < -0.39 is 11.3 Å². The van der Waals surface area contributed by atoms with Crippen molar-refractivity contribution in [2.45, 2.75) is 62.0 Å². The number of aromatic nitrogens is 2. The predicted octanol–water partition coefficient (Wildman–Crippen LogP) is 3.86. The van der Waals surface area contributed by atoms with Crippen molar-refractivity contribution in [2.75, 3.05) is 0 Å². The summed E-state index contributed by atoms with van der Waals surface area (Å²) in [5.41, 5.74) is 1.88. The summed E-state index contributed by atoms with van der Waals surface area (Å²) >= 11 is 1.34. The zero-order valence-corrected chi connectivity index (χ0v) is 16.4. The number of hydrogen-bond donors (Lipinski definition) is 2. The van der Waals surface area contributed by atoms with Gasteiger partial charge < -0.3 is 9.88 Å². The summed E-state index contributed by atoms with van der Waals surface area (Å²) in [5.74, 6) is -0.314. The first-order valence-corrected chi connectivity index (χ1v) is 10.3. The van der Waals surface area contributed by atoms with Crippen LogP contribution < -0.4 is 10.6 Å². The monoisotopic (exact) mass is 386 g/mol. The van der Waals surface area contributed by atoms with Crippen LogP contribution in [0.3, 0.4) is 0 Å². The van der Waals surface area contributed by atoms with Crippen LogP contribution in [0.2, 0.25) is 0 Å². The Balaban J connectivity index is 1.62. The minimum absolute atomic E-state index is 0.172. The van der Waals surface area contributed by atoms with Gasteiger partial charge >= 0.3 is 6.03 Å². The van der Waals surface area contributed by atoms with Crippen LogP contribution in [0.25, 0.3) is 11.0 Å². The maximum absolute atomic E-state index is 12.4. The lowest BCUT2D eigenvalue weighted by Crippen LogP contribution is -2.47. The molecule has 0 spiro atoms. The molecule has 27 heavy (non-hydrogen) atoms. The summed E-state index contributed by atoms with van der Waals surface area (Å²) in [7, 11) is 0. The summed E-state index contributed by atoms with van der Waals surface area (Å²) in [6, 6.07) is 7.61. The molecule has 3 rings (SSSR count). The summed E-state index contributed by atoms with van der Waals surface area (Å²) in [6.07, 6.45) is 7.25. The van der Waals surface area contributed by atoms with Crippen molar-refractivity contribution in [1.29, 1.82) is 0 Å². The minimum atomic E-state index is -0.442. The lowest BCUT2D eigenvalue weighted by Gasteiger charge is -2.23. The van der Waals surface area contributed by atoms with E-state index in [0.29, 0.717) is 6.54 Å². The normalized spacial score (nSPS) is 16.0. The zero-order chi connectivity index (χ0) is 19.2. The Kier molecular flexibility index (Phi) is 6.55. The number of amides is 3. The molecule has 1 aromatic carbocycles. The molecule has 7 heteroatoms. The first-order valence-electron chi connectivity index (χ1n) is 9.42. The van der Waals surface area contributed by atoms with Gasteiger partial charge in [0.05, 0.1) is 16.3 Å². The predicted molar refractivity (Wildman–Crippen MR) is 109 cm³/mol. The van der Waals surface area contributed by atoms with Crippen LogP contribution in [0.15, 0.2) is 42.1 Å². The Hall–Kier alpha value is -2.28. The van der Waals surface area contributed by atoms with Crippen LogP contribution in [-0.4, -0.2) is 32.8 Å². The highest BCUT2D eigenvalue weighted by Gasteiger charge is 2.22. The van der Waals surface area contributed by atoms with Gasteiger partial charge in [0, 0.05) is 12.6 Å². The van der Waals surface area contributed by atoms with E-state index in [1.165, 1.54) is 18.2 Å². The topological polar surface area (TPSA) is 76.0 Å². The van der Waals surface area contributed by atoms with E-state index in [-0.39, 0.29) is 11.9 Å². The summed E-state index contributed by atoms with van der Waals surface area (Å²) in [4.78, 5) is 29.2. The fourth-order valence-electron chi connectivity index (χ4n) is 3.34. The van der Waals surface area contributed by atoms with Crippen LogP contribution in [0, 0.1) is 0 Å². The Morgan fingerprint density at radius 1 is 1.33 bits per heavy atom. The number of carbonyl (C=O) groups excluding carboxylic acids is 2. The van der Waals surface area contributed by atoms with Gasteiger partial charge in [-0.25, -0.2) is 9.78 Å². The van der Waals surface area contributed by atoms with Gasteiger partial charge in [-0.1, -0.05) is 49.2 Å². The van der Waals surface area contributed by atoms with Crippen LogP contribution in [0.4, 0.5) is 4.79 Å². The van der Waals surface area contributed by atoms with Crippen molar-refractivity contribution in [3.63, 3.8) is 0 Å². The summed E-state index contributed by atoms with van der Waals surface area (Å²) in [6.45, 7) is 6.20. The van der Waals surface area contributed by atoms with Gasteiger partial charge in [0.1, 0.15) is 0 Å². The van der Waals surface area contributed by atoms with E-state index in [4.69, 9.17) is 0 Å². The fraction of sp³-hybridized carbons (Fsp3) is 0.450. The molecule has 1 atom stereocenters. The summed E-state index contributed by atoms with van der Waals surface area (Å²) < 4.78 is 2.03. The molecule has 0 radical (unpaired) electrons. The molecule has 1 aromatic heterocycles. The molecule has 1 saturated carbocycles. The van der Waals surface area contributed by atoms with E-state index in [1.807, 2.05) is 28.8 Å². The molecule has 1 heterocycles. The summed E-state index contributed by atoms with van der Waals surface area (Å²) in [5, 5.41) is 5.67. The van der Waals surface area contributed by atoms with Gasteiger partial charge in [-0.05, 0) is 31.9 Å². The van der Waals surface area contributed by atoms with Gasteiger partial charge in [-0.15, -0.1) is 6.58 Å². The first kappa shape index (κ1) is 19.5. The second-order valence-corrected chi connectivity index (χ2v) is 8.15. The molecule has 0 saturated heterocycles. The van der Waals surface area contributed by atoms with E-state index in [1.54, 1.807) is 13.0 Å². The Bertz CT molecular complexity index is 826. The molecule has 2 aromatic rings. The number of imide groups is 1. The van der Waals surface area contributed by atoms with Gasteiger partial charge in [-0.2, -0.15) is 0 Å². The van der Waals surface area contributed by atoms with Crippen molar-refractivity contribution in [3.05, 3.63) is 36.9 Å². The van der Waals surface area contributed by atoms with Crippen LogP contribution in [0.1, 0.15) is 39.0 Å². The smallest absolute Gasteiger partial charge is 0.321 e. The number of nitrogens with one attached hydrogen (secondary N) is 2. The number of urea groups is 1. The lowest BCUT2D eigenvalue weighted by atomic mass is 9.96. The number of rotatable bonds is 6. The number of thioether (sulfide) groups is 1. The quantitative estimate of drug-likeness (QED) is 0.584. The Morgan fingerprint density at radius 2 is 2.07 bits per heavy atom. The van der Waals surface area contributed by atoms with Gasteiger partial charge in [0.25, 0.3) is 0 Å². The van der Waals surface area contributed by atoms with Crippen LogP contribution in [-0.2, 0) is 11.3 Å².